The number of rotatable bonds is 7. The smallest absolute Gasteiger partial charge is 0.242 e. The van der Waals surface area contributed by atoms with E-state index in [-0.39, 0.29) is 5.91 Å². The van der Waals surface area contributed by atoms with E-state index in [0.717, 1.165) is 24.3 Å². The number of carbonyl (C=O) groups is 1. The molecule has 0 aromatic heterocycles. The maximum absolute atomic E-state index is 12.5. The SMILES string of the molecule is CCN(Cc1ccccc1)C(=O)CNc1ccc(N2CCCCC2)cc1. The number of anilines is 2. The fourth-order valence-corrected chi connectivity index (χ4v) is 3.41. The fraction of sp³-hybridized carbons (Fsp3) is 0.409. The Labute approximate surface area is 156 Å². The summed E-state index contributed by atoms with van der Waals surface area (Å²) in [7, 11) is 0. The number of piperidine rings is 1. The summed E-state index contributed by atoms with van der Waals surface area (Å²) < 4.78 is 0. The standard InChI is InChI=1S/C22H29N3O/c1-2-24(18-19-9-5-3-6-10-19)22(26)17-23-20-11-13-21(14-12-20)25-15-7-4-8-16-25/h3,5-6,9-14,23H,2,4,7-8,15-18H2,1H3. The molecule has 1 aliphatic rings. The summed E-state index contributed by atoms with van der Waals surface area (Å²) in [6, 6.07) is 18.6. The van der Waals surface area contributed by atoms with Gasteiger partial charge >= 0.3 is 0 Å². The zero-order valence-corrected chi connectivity index (χ0v) is 15.7. The number of amides is 1. The lowest BCUT2D eigenvalue weighted by Gasteiger charge is -2.29. The minimum atomic E-state index is 0.122. The molecule has 1 amide bonds. The van der Waals surface area contributed by atoms with Gasteiger partial charge in [-0.15, -0.1) is 0 Å². The van der Waals surface area contributed by atoms with Crippen molar-refractivity contribution in [3.63, 3.8) is 0 Å². The minimum Gasteiger partial charge on any atom is -0.376 e. The van der Waals surface area contributed by atoms with Crippen LogP contribution in [0.1, 0.15) is 31.7 Å². The van der Waals surface area contributed by atoms with Crippen LogP contribution in [-0.2, 0) is 11.3 Å². The minimum absolute atomic E-state index is 0.122. The van der Waals surface area contributed by atoms with Crippen LogP contribution in [0.4, 0.5) is 11.4 Å². The summed E-state index contributed by atoms with van der Waals surface area (Å²) >= 11 is 0. The predicted molar refractivity (Wildman–Crippen MR) is 109 cm³/mol. The zero-order valence-electron chi connectivity index (χ0n) is 15.7. The second-order valence-corrected chi connectivity index (χ2v) is 6.84. The van der Waals surface area contributed by atoms with Gasteiger partial charge in [-0.3, -0.25) is 4.79 Å². The van der Waals surface area contributed by atoms with E-state index < -0.39 is 0 Å². The van der Waals surface area contributed by atoms with E-state index in [1.54, 1.807) is 0 Å². The molecule has 0 atom stereocenters. The van der Waals surface area contributed by atoms with E-state index in [2.05, 4.69) is 46.6 Å². The van der Waals surface area contributed by atoms with Crippen LogP contribution in [0.15, 0.2) is 54.6 Å². The van der Waals surface area contributed by atoms with E-state index in [1.165, 1.54) is 24.9 Å². The Morgan fingerprint density at radius 1 is 1.00 bits per heavy atom. The lowest BCUT2D eigenvalue weighted by molar-refractivity contribution is -0.129. The normalized spacial score (nSPS) is 14.1. The highest BCUT2D eigenvalue weighted by atomic mass is 16.2. The number of likely N-dealkylation sites (N-methyl/N-ethyl adjacent to an activating group) is 1. The van der Waals surface area contributed by atoms with Crippen molar-refractivity contribution in [2.24, 2.45) is 0 Å². The lowest BCUT2D eigenvalue weighted by atomic mass is 10.1. The number of hydrogen-bond donors (Lipinski definition) is 1. The summed E-state index contributed by atoms with van der Waals surface area (Å²) in [5.41, 5.74) is 3.43. The summed E-state index contributed by atoms with van der Waals surface area (Å²) in [5, 5.41) is 3.27. The van der Waals surface area contributed by atoms with Crippen molar-refractivity contribution in [2.75, 3.05) is 36.4 Å². The molecule has 2 aromatic rings. The van der Waals surface area contributed by atoms with E-state index in [1.807, 2.05) is 30.0 Å². The third kappa shape index (κ3) is 5.01. The van der Waals surface area contributed by atoms with Crippen molar-refractivity contribution < 1.29 is 4.79 Å². The molecule has 4 nitrogen and oxygen atoms in total. The molecule has 1 fully saturated rings. The zero-order chi connectivity index (χ0) is 18.2. The van der Waals surface area contributed by atoms with Crippen LogP contribution in [-0.4, -0.2) is 37.0 Å². The Bertz CT molecular complexity index is 678. The monoisotopic (exact) mass is 351 g/mol. The Hall–Kier alpha value is -2.49. The average Bonchev–Trinajstić information content (AvgIpc) is 2.72. The van der Waals surface area contributed by atoms with Gasteiger partial charge in [0.05, 0.1) is 6.54 Å². The van der Waals surface area contributed by atoms with E-state index in [0.29, 0.717) is 19.6 Å². The molecule has 2 aromatic carbocycles. The maximum atomic E-state index is 12.5. The van der Waals surface area contributed by atoms with Gasteiger partial charge in [-0.1, -0.05) is 30.3 Å². The highest BCUT2D eigenvalue weighted by molar-refractivity contribution is 5.81. The molecule has 1 aliphatic heterocycles. The first-order valence-electron chi connectivity index (χ1n) is 9.67. The quantitative estimate of drug-likeness (QED) is 0.814. The molecular formula is C22H29N3O. The van der Waals surface area contributed by atoms with Gasteiger partial charge in [0.2, 0.25) is 5.91 Å². The van der Waals surface area contributed by atoms with Crippen LogP contribution < -0.4 is 10.2 Å². The van der Waals surface area contributed by atoms with Crippen LogP contribution in [0.25, 0.3) is 0 Å². The molecule has 4 heteroatoms. The van der Waals surface area contributed by atoms with Gasteiger partial charge in [0.25, 0.3) is 0 Å². The number of hydrogen-bond acceptors (Lipinski definition) is 3. The van der Waals surface area contributed by atoms with Crippen LogP contribution in [0.3, 0.4) is 0 Å². The van der Waals surface area contributed by atoms with E-state index >= 15 is 0 Å². The summed E-state index contributed by atoms with van der Waals surface area (Å²) in [4.78, 5) is 16.8. The number of nitrogens with zero attached hydrogens (tertiary/aromatic N) is 2. The molecule has 0 saturated carbocycles. The summed E-state index contributed by atoms with van der Waals surface area (Å²) in [5.74, 6) is 0.122. The van der Waals surface area contributed by atoms with Crippen LogP contribution in [0.2, 0.25) is 0 Å². The number of nitrogens with one attached hydrogen (secondary N) is 1. The van der Waals surface area contributed by atoms with Crippen molar-refractivity contribution >= 4 is 17.3 Å². The molecule has 0 radical (unpaired) electrons. The van der Waals surface area contributed by atoms with Gasteiger partial charge < -0.3 is 15.1 Å². The van der Waals surface area contributed by atoms with E-state index in [4.69, 9.17) is 0 Å². The molecule has 1 saturated heterocycles. The first kappa shape index (κ1) is 18.3. The third-order valence-electron chi connectivity index (χ3n) is 4.98. The van der Waals surface area contributed by atoms with Crippen molar-refractivity contribution in [1.29, 1.82) is 0 Å². The van der Waals surface area contributed by atoms with Crippen LogP contribution in [0, 0.1) is 0 Å². The molecular weight excluding hydrogens is 322 g/mol. The summed E-state index contributed by atoms with van der Waals surface area (Å²) in [6.07, 6.45) is 3.90. The molecule has 3 rings (SSSR count). The van der Waals surface area contributed by atoms with Crippen molar-refractivity contribution in [2.45, 2.75) is 32.7 Å². The molecule has 26 heavy (non-hydrogen) atoms. The topological polar surface area (TPSA) is 35.6 Å². The molecule has 0 aliphatic carbocycles. The number of carbonyl (C=O) groups excluding carboxylic acids is 1. The first-order chi connectivity index (χ1) is 12.8. The second kappa shape index (κ2) is 9.27. The van der Waals surface area contributed by atoms with Crippen LogP contribution >= 0.6 is 0 Å². The van der Waals surface area contributed by atoms with Gasteiger partial charge in [0.15, 0.2) is 0 Å². The number of benzene rings is 2. The Balaban J connectivity index is 1.51. The molecule has 0 bridgehead atoms. The lowest BCUT2D eigenvalue weighted by Crippen LogP contribution is -2.35. The Morgan fingerprint density at radius 2 is 1.69 bits per heavy atom. The molecule has 138 valence electrons. The van der Waals surface area contributed by atoms with E-state index in [9.17, 15) is 4.79 Å². The Morgan fingerprint density at radius 3 is 2.35 bits per heavy atom. The largest absolute Gasteiger partial charge is 0.376 e. The predicted octanol–water partition coefficient (Wildman–Crippen LogP) is 4.14. The highest BCUT2D eigenvalue weighted by Gasteiger charge is 2.13. The Kier molecular flexibility index (Phi) is 6.53. The van der Waals surface area contributed by atoms with Crippen molar-refractivity contribution in [1.82, 2.24) is 4.90 Å². The summed E-state index contributed by atoms with van der Waals surface area (Å²) in [6.45, 7) is 6.01. The van der Waals surface area contributed by atoms with Gasteiger partial charge in [0, 0.05) is 37.6 Å². The van der Waals surface area contributed by atoms with Crippen molar-refractivity contribution in [3.05, 3.63) is 60.2 Å². The fourth-order valence-electron chi connectivity index (χ4n) is 3.41. The molecule has 1 N–H and O–H groups in total. The highest BCUT2D eigenvalue weighted by Crippen LogP contribution is 2.21. The molecule has 0 unspecified atom stereocenters. The van der Waals surface area contributed by atoms with Gasteiger partial charge in [-0.25, -0.2) is 0 Å². The van der Waals surface area contributed by atoms with Gasteiger partial charge in [0.1, 0.15) is 0 Å². The third-order valence-corrected chi connectivity index (χ3v) is 4.98. The maximum Gasteiger partial charge on any atom is 0.242 e. The second-order valence-electron chi connectivity index (χ2n) is 6.84. The molecule has 1 heterocycles. The van der Waals surface area contributed by atoms with Crippen molar-refractivity contribution in [3.8, 4) is 0 Å². The van der Waals surface area contributed by atoms with Gasteiger partial charge in [-0.05, 0) is 56.0 Å². The first-order valence-corrected chi connectivity index (χ1v) is 9.67. The van der Waals surface area contributed by atoms with Crippen LogP contribution in [0.5, 0.6) is 0 Å². The van der Waals surface area contributed by atoms with Gasteiger partial charge in [-0.2, -0.15) is 0 Å². The molecule has 0 spiro atoms. The average molecular weight is 351 g/mol.